The lowest BCUT2D eigenvalue weighted by Crippen LogP contribution is -2.12. The third kappa shape index (κ3) is 3.14. The van der Waals surface area contributed by atoms with Crippen molar-refractivity contribution in [2.24, 2.45) is 5.73 Å². The lowest BCUT2D eigenvalue weighted by Gasteiger charge is -2.07. The molecule has 0 spiro atoms. The van der Waals surface area contributed by atoms with E-state index in [1.165, 1.54) is 0 Å². The average molecular weight is 277 g/mol. The Hall–Kier alpha value is -2.27. The van der Waals surface area contributed by atoms with E-state index in [4.69, 9.17) is 17.3 Å². The molecule has 98 valence electrons. The molecule has 5 nitrogen and oxygen atoms in total. The maximum Gasteiger partial charge on any atom is 0.250 e. The van der Waals surface area contributed by atoms with Crippen LogP contribution in [0.25, 0.3) is 6.20 Å². The molecule has 0 bridgehead atoms. The summed E-state index contributed by atoms with van der Waals surface area (Å²) in [6.45, 7) is 4.19. The van der Waals surface area contributed by atoms with Gasteiger partial charge in [-0.05, 0) is 18.2 Å². The van der Waals surface area contributed by atoms with Gasteiger partial charge in [-0.2, -0.15) is 5.10 Å². The van der Waals surface area contributed by atoms with Crippen LogP contribution in [0.1, 0.15) is 15.9 Å². The van der Waals surface area contributed by atoms with E-state index in [0.717, 1.165) is 11.3 Å². The second-order valence-electron chi connectivity index (χ2n) is 3.92. The molecule has 0 fully saturated rings. The number of carbonyl (C=O) groups is 1. The number of carbonyl (C=O) groups excluding carboxylic acids is 1. The smallest absolute Gasteiger partial charge is 0.250 e. The molecule has 3 N–H and O–H groups in total. The Labute approximate surface area is 115 Å². The van der Waals surface area contributed by atoms with E-state index in [0.29, 0.717) is 17.1 Å². The third-order valence-corrected chi connectivity index (χ3v) is 2.90. The van der Waals surface area contributed by atoms with Crippen molar-refractivity contribution in [3.05, 3.63) is 53.3 Å². The number of amides is 1. The van der Waals surface area contributed by atoms with Crippen molar-refractivity contribution in [1.82, 2.24) is 9.78 Å². The van der Waals surface area contributed by atoms with E-state index >= 15 is 0 Å². The number of benzene rings is 1. The van der Waals surface area contributed by atoms with Crippen LogP contribution in [0.15, 0.2) is 37.2 Å². The first kappa shape index (κ1) is 13.2. The molecule has 1 aromatic heterocycles. The van der Waals surface area contributed by atoms with Gasteiger partial charge in [0.2, 0.25) is 5.91 Å². The van der Waals surface area contributed by atoms with E-state index in [1.54, 1.807) is 35.3 Å². The molecular weight excluding hydrogens is 264 g/mol. The first-order valence-corrected chi connectivity index (χ1v) is 5.97. The molecule has 0 atom stereocenters. The molecule has 0 aliphatic heterocycles. The van der Waals surface area contributed by atoms with Gasteiger partial charge in [-0.15, -0.1) is 0 Å². The maximum absolute atomic E-state index is 11.2. The second-order valence-corrected chi connectivity index (χ2v) is 4.33. The van der Waals surface area contributed by atoms with E-state index in [9.17, 15) is 4.79 Å². The number of halogens is 1. The van der Waals surface area contributed by atoms with Crippen molar-refractivity contribution >= 4 is 29.4 Å². The SMILES string of the molecule is C=Cn1cc(CNc2ccc(Cl)c(C(N)=O)c2)cn1. The van der Waals surface area contributed by atoms with Gasteiger partial charge in [-0.3, -0.25) is 4.79 Å². The zero-order valence-electron chi connectivity index (χ0n) is 10.1. The molecule has 0 unspecified atom stereocenters. The van der Waals surface area contributed by atoms with Crippen LogP contribution in [0.4, 0.5) is 5.69 Å². The minimum atomic E-state index is -0.548. The van der Waals surface area contributed by atoms with Gasteiger partial charge in [-0.25, -0.2) is 4.68 Å². The van der Waals surface area contributed by atoms with Gasteiger partial charge in [0.25, 0.3) is 0 Å². The van der Waals surface area contributed by atoms with Gasteiger partial charge >= 0.3 is 0 Å². The number of primary amides is 1. The summed E-state index contributed by atoms with van der Waals surface area (Å²) < 4.78 is 1.62. The summed E-state index contributed by atoms with van der Waals surface area (Å²) in [5, 5.41) is 7.58. The predicted molar refractivity (Wildman–Crippen MR) is 75.9 cm³/mol. The summed E-state index contributed by atoms with van der Waals surface area (Å²) in [4.78, 5) is 11.2. The van der Waals surface area contributed by atoms with Crippen LogP contribution in [0.3, 0.4) is 0 Å². The van der Waals surface area contributed by atoms with E-state index in [-0.39, 0.29) is 0 Å². The monoisotopic (exact) mass is 276 g/mol. The van der Waals surface area contributed by atoms with Gasteiger partial charge in [0.15, 0.2) is 0 Å². The van der Waals surface area contributed by atoms with Crippen molar-refractivity contribution in [2.45, 2.75) is 6.54 Å². The highest BCUT2D eigenvalue weighted by molar-refractivity contribution is 6.33. The van der Waals surface area contributed by atoms with Crippen LogP contribution < -0.4 is 11.1 Å². The number of hydrogen-bond donors (Lipinski definition) is 2. The highest BCUT2D eigenvalue weighted by Crippen LogP contribution is 2.20. The number of anilines is 1. The van der Waals surface area contributed by atoms with Crippen LogP contribution >= 0.6 is 11.6 Å². The second kappa shape index (κ2) is 5.58. The van der Waals surface area contributed by atoms with Crippen LogP contribution in [0.2, 0.25) is 5.02 Å². The zero-order valence-corrected chi connectivity index (χ0v) is 10.9. The van der Waals surface area contributed by atoms with Crippen LogP contribution in [-0.4, -0.2) is 15.7 Å². The highest BCUT2D eigenvalue weighted by Gasteiger charge is 2.07. The van der Waals surface area contributed by atoms with Gasteiger partial charge in [0.1, 0.15) is 0 Å². The topological polar surface area (TPSA) is 72.9 Å². The zero-order chi connectivity index (χ0) is 13.8. The normalized spacial score (nSPS) is 10.2. The van der Waals surface area contributed by atoms with Crippen molar-refractivity contribution in [3.8, 4) is 0 Å². The lowest BCUT2D eigenvalue weighted by atomic mass is 10.2. The number of rotatable bonds is 5. The molecule has 6 heteroatoms. The fraction of sp³-hybridized carbons (Fsp3) is 0.0769. The minimum Gasteiger partial charge on any atom is -0.381 e. The van der Waals surface area contributed by atoms with Crippen molar-refractivity contribution in [1.29, 1.82) is 0 Å². The summed E-state index contributed by atoms with van der Waals surface area (Å²) in [6.07, 6.45) is 5.20. The van der Waals surface area contributed by atoms with Crippen LogP contribution in [-0.2, 0) is 6.54 Å². The number of nitrogens with one attached hydrogen (secondary N) is 1. The Bertz CT molecular complexity index is 621. The quantitative estimate of drug-likeness (QED) is 0.880. The molecule has 0 radical (unpaired) electrons. The molecule has 0 aliphatic carbocycles. The fourth-order valence-corrected chi connectivity index (χ4v) is 1.81. The molecular formula is C13H13ClN4O. The Balaban J connectivity index is 2.09. The summed E-state index contributed by atoms with van der Waals surface area (Å²) in [6, 6.07) is 5.05. The van der Waals surface area contributed by atoms with Crippen molar-refractivity contribution < 1.29 is 4.79 Å². The van der Waals surface area contributed by atoms with Gasteiger partial charge < -0.3 is 11.1 Å². The molecule has 19 heavy (non-hydrogen) atoms. The largest absolute Gasteiger partial charge is 0.381 e. The Morgan fingerprint density at radius 1 is 1.58 bits per heavy atom. The minimum absolute atomic E-state index is 0.299. The van der Waals surface area contributed by atoms with Gasteiger partial charge in [0.05, 0.1) is 16.8 Å². The molecule has 0 saturated heterocycles. The summed E-state index contributed by atoms with van der Waals surface area (Å²) in [7, 11) is 0. The van der Waals surface area contributed by atoms with Gasteiger partial charge in [-0.1, -0.05) is 18.2 Å². The number of hydrogen-bond acceptors (Lipinski definition) is 3. The predicted octanol–water partition coefficient (Wildman–Crippen LogP) is 2.35. The molecule has 0 saturated carbocycles. The van der Waals surface area contributed by atoms with Crippen LogP contribution in [0.5, 0.6) is 0 Å². The van der Waals surface area contributed by atoms with E-state index in [2.05, 4.69) is 17.0 Å². The first-order chi connectivity index (χ1) is 9.10. The number of nitrogens with zero attached hydrogens (tertiary/aromatic N) is 2. The standard InChI is InChI=1S/C13H13ClN4O/c1-2-18-8-9(7-17-18)6-16-10-3-4-12(14)11(5-10)13(15)19/h2-5,7-8,16H,1,6H2,(H2,15,19). The molecule has 1 amide bonds. The maximum atomic E-state index is 11.2. The Kier molecular flexibility index (Phi) is 3.87. The third-order valence-electron chi connectivity index (χ3n) is 2.57. The van der Waals surface area contributed by atoms with Crippen LogP contribution in [0, 0.1) is 0 Å². The lowest BCUT2D eigenvalue weighted by molar-refractivity contribution is 0.100. The average Bonchev–Trinajstić information content (AvgIpc) is 2.85. The molecule has 1 aromatic carbocycles. The molecule has 0 aliphatic rings. The molecule has 2 aromatic rings. The number of nitrogens with two attached hydrogens (primary N) is 1. The van der Waals surface area contributed by atoms with Crippen molar-refractivity contribution in [2.75, 3.05) is 5.32 Å². The summed E-state index contributed by atoms with van der Waals surface area (Å²) in [5.74, 6) is -0.548. The highest BCUT2D eigenvalue weighted by atomic mass is 35.5. The molecule has 2 rings (SSSR count). The van der Waals surface area contributed by atoms with Gasteiger partial charge in [0, 0.05) is 30.2 Å². The summed E-state index contributed by atoms with van der Waals surface area (Å²) in [5.41, 5.74) is 7.30. The molecule has 1 heterocycles. The Morgan fingerprint density at radius 2 is 2.37 bits per heavy atom. The first-order valence-electron chi connectivity index (χ1n) is 5.59. The Morgan fingerprint density at radius 3 is 3.00 bits per heavy atom. The fourth-order valence-electron chi connectivity index (χ4n) is 1.60. The number of aromatic nitrogens is 2. The summed E-state index contributed by atoms with van der Waals surface area (Å²) >= 11 is 5.88. The van der Waals surface area contributed by atoms with E-state index < -0.39 is 5.91 Å². The van der Waals surface area contributed by atoms with Crippen molar-refractivity contribution in [3.63, 3.8) is 0 Å². The van der Waals surface area contributed by atoms with E-state index in [1.807, 2.05) is 6.20 Å².